The SMILES string of the molecule is CCCNCc1csc(S(=O)(=O)Nc2nncs2)c1. The van der Waals surface area contributed by atoms with Gasteiger partial charge < -0.3 is 5.32 Å². The van der Waals surface area contributed by atoms with Crippen molar-refractivity contribution in [3.63, 3.8) is 0 Å². The molecule has 0 radical (unpaired) electrons. The van der Waals surface area contributed by atoms with Gasteiger partial charge in [-0.15, -0.1) is 21.5 Å². The van der Waals surface area contributed by atoms with E-state index in [0.717, 1.165) is 29.9 Å². The molecular weight excluding hydrogens is 304 g/mol. The van der Waals surface area contributed by atoms with Crippen LogP contribution in [0.2, 0.25) is 0 Å². The van der Waals surface area contributed by atoms with E-state index in [9.17, 15) is 8.42 Å². The van der Waals surface area contributed by atoms with E-state index in [1.165, 1.54) is 16.8 Å². The molecule has 0 fully saturated rings. The Balaban J connectivity index is 2.04. The molecule has 2 rings (SSSR count). The molecule has 0 saturated heterocycles. The predicted octanol–water partition coefficient (Wildman–Crippen LogP) is 1.90. The molecule has 9 heteroatoms. The first-order valence-corrected chi connectivity index (χ1v) is 8.93. The summed E-state index contributed by atoms with van der Waals surface area (Å²) in [4.78, 5) is 0. The standard InChI is InChI=1S/C10H14N4O2S3/c1-2-3-11-5-8-4-9(17-6-8)19(15,16)14-10-13-12-7-18-10/h4,6-7,11H,2-3,5H2,1H3,(H,13,14). The Hall–Kier alpha value is -1.03. The van der Waals surface area contributed by atoms with Crippen LogP contribution in [0.1, 0.15) is 18.9 Å². The van der Waals surface area contributed by atoms with Crippen molar-refractivity contribution in [3.8, 4) is 0 Å². The fraction of sp³-hybridized carbons (Fsp3) is 0.400. The van der Waals surface area contributed by atoms with Gasteiger partial charge in [0, 0.05) is 6.54 Å². The molecule has 0 spiro atoms. The summed E-state index contributed by atoms with van der Waals surface area (Å²) in [6.45, 7) is 3.68. The lowest BCUT2D eigenvalue weighted by atomic mass is 10.3. The normalized spacial score (nSPS) is 11.6. The van der Waals surface area contributed by atoms with Gasteiger partial charge in [0.15, 0.2) is 0 Å². The molecule has 6 nitrogen and oxygen atoms in total. The number of rotatable bonds is 7. The zero-order valence-electron chi connectivity index (χ0n) is 10.3. The van der Waals surface area contributed by atoms with Crippen LogP contribution in [-0.2, 0) is 16.6 Å². The minimum Gasteiger partial charge on any atom is -0.313 e. The number of anilines is 1. The lowest BCUT2D eigenvalue weighted by molar-refractivity contribution is 0.603. The van der Waals surface area contributed by atoms with E-state index in [2.05, 4.69) is 27.2 Å². The Labute approximate surface area is 119 Å². The first-order valence-electron chi connectivity index (χ1n) is 5.69. The van der Waals surface area contributed by atoms with Gasteiger partial charge in [-0.1, -0.05) is 18.3 Å². The third-order valence-electron chi connectivity index (χ3n) is 2.23. The topological polar surface area (TPSA) is 84.0 Å². The van der Waals surface area contributed by atoms with Crippen LogP contribution in [0.5, 0.6) is 0 Å². The highest BCUT2D eigenvalue weighted by molar-refractivity contribution is 7.94. The molecule has 19 heavy (non-hydrogen) atoms. The van der Waals surface area contributed by atoms with E-state index in [1.54, 1.807) is 6.07 Å². The van der Waals surface area contributed by atoms with E-state index >= 15 is 0 Å². The zero-order valence-corrected chi connectivity index (χ0v) is 12.7. The van der Waals surface area contributed by atoms with Crippen LogP contribution in [0.25, 0.3) is 0 Å². The second-order valence-corrected chi connectivity index (χ2v) is 7.45. The average Bonchev–Trinajstić information content (AvgIpc) is 3.00. The molecule has 0 atom stereocenters. The Kier molecular flexibility index (Phi) is 4.86. The summed E-state index contributed by atoms with van der Waals surface area (Å²) in [6, 6.07) is 1.68. The summed E-state index contributed by atoms with van der Waals surface area (Å²) in [6.07, 6.45) is 1.05. The number of thiophene rings is 1. The molecule has 2 aromatic heterocycles. The van der Waals surface area contributed by atoms with Crippen LogP contribution < -0.4 is 10.0 Å². The van der Waals surface area contributed by atoms with Gasteiger partial charge in [0.1, 0.15) is 9.72 Å². The van der Waals surface area contributed by atoms with Gasteiger partial charge in [0.2, 0.25) is 5.13 Å². The number of nitrogens with zero attached hydrogens (tertiary/aromatic N) is 2. The Morgan fingerprint density at radius 2 is 2.21 bits per heavy atom. The Bertz CT molecular complexity index is 607. The van der Waals surface area contributed by atoms with E-state index < -0.39 is 10.0 Å². The van der Waals surface area contributed by atoms with Crippen molar-refractivity contribution in [2.45, 2.75) is 24.1 Å². The van der Waals surface area contributed by atoms with Crippen LogP contribution in [0.4, 0.5) is 5.13 Å². The maximum absolute atomic E-state index is 12.1. The molecule has 2 N–H and O–H groups in total. The summed E-state index contributed by atoms with van der Waals surface area (Å²) < 4.78 is 26.8. The van der Waals surface area contributed by atoms with Crippen molar-refractivity contribution in [3.05, 3.63) is 22.5 Å². The molecule has 0 aliphatic carbocycles. The third-order valence-corrected chi connectivity index (χ3v) is 5.80. The number of sulfonamides is 1. The minimum absolute atomic E-state index is 0.277. The van der Waals surface area contributed by atoms with E-state index in [-0.39, 0.29) is 9.34 Å². The van der Waals surface area contributed by atoms with Crippen molar-refractivity contribution in [2.75, 3.05) is 11.3 Å². The zero-order chi connectivity index (χ0) is 13.7. The highest BCUT2D eigenvalue weighted by Crippen LogP contribution is 2.23. The molecule has 0 bridgehead atoms. The molecule has 2 aromatic rings. The monoisotopic (exact) mass is 318 g/mol. The van der Waals surface area contributed by atoms with Gasteiger partial charge >= 0.3 is 0 Å². The third kappa shape index (κ3) is 3.96. The summed E-state index contributed by atoms with van der Waals surface area (Å²) in [5.41, 5.74) is 2.45. The largest absolute Gasteiger partial charge is 0.313 e. The average molecular weight is 318 g/mol. The molecule has 0 aromatic carbocycles. The first kappa shape index (κ1) is 14.4. The van der Waals surface area contributed by atoms with Crippen molar-refractivity contribution in [1.82, 2.24) is 15.5 Å². The molecule has 0 amide bonds. The Morgan fingerprint density at radius 1 is 1.37 bits per heavy atom. The highest BCUT2D eigenvalue weighted by Gasteiger charge is 2.18. The van der Waals surface area contributed by atoms with Crippen molar-refractivity contribution in [2.24, 2.45) is 0 Å². The number of aromatic nitrogens is 2. The summed E-state index contributed by atoms with van der Waals surface area (Å²) >= 11 is 2.35. The van der Waals surface area contributed by atoms with Gasteiger partial charge in [-0.25, -0.2) is 8.42 Å². The van der Waals surface area contributed by atoms with E-state index in [4.69, 9.17) is 0 Å². The molecule has 0 saturated carbocycles. The molecule has 104 valence electrons. The molecular formula is C10H14N4O2S3. The number of hydrogen-bond donors (Lipinski definition) is 2. The van der Waals surface area contributed by atoms with Crippen LogP contribution in [0.15, 0.2) is 21.2 Å². The second-order valence-electron chi connectivity index (χ2n) is 3.80. The van der Waals surface area contributed by atoms with Gasteiger partial charge in [0.25, 0.3) is 10.0 Å². The maximum Gasteiger partial charge on any atom is 0.273 e. The molecule has 0 aliphatic rings. The van der Waals surface area contributed by atoms with Crippen LogP contribution in [-0.4, -0.2) is 25.2 Å². The smallest absolute Gasteiger partial charge is 0.273 e. The lowest BCUT2D eigenvalue weighted by Crippen LogP contribution is -2.13. The fourth-order valence-electron chi connectivity index (χ4n) is 1.38. The van der Waals surface area contributed by atoms with Gasteiger partial charge in [0.05, 0.1) is 0 Å². The maximum atomic E-state index is 12.1. The fourth-order valence-corrected chi connectivity index (χ4v) is 4.28. The van der Waals surface area contributed by atoms with E-state index in [0.29, 0.717) is 6.54 Å². The van der Waals surface area contributed by atoms with E-state index in [1.807, 2.05) is 5.38 Å². The quantitative estimate of drug-likeness (QED) is 0.762. The second kappa shape index (κ2) is 6.42. The first-order chi connectivity index (χ1) is 9.12. The Morgan fingerprint density at radius 3 is 2.89 bits per heavy atom. The minimum atomic E-state index is -3.54. The summed E-state index contributed by atoms with van der Waals surface area (Å²) in [5.74, 6) is 0. The predicted molar refractivity (Wildman–Crippen MR) is 77.0 cm³/mol. The van der Waals surface area contributed by atoms with Crippen LogP contribution >= 0.6 is 22.7 Å². The van der Waals surface area contributed by atoms with Crippen molar-refractivity contribution < 1.29 is 8.42 Å². The van der Waals surface area contributed by atoms with Crippen LogP contribution in [0, 0.1) is 0 Å². The van der Waals surface area contributed by atoms with Gasteiger partial charge in [-0.3, -0.25) is 4.72 Å². The van der Waals surface area contributed by atoms with Crippen molar-refractivity contribution >= 4 is 37.8 Å². The lowest BCUT2D eigenvalue weighted by Gasteiger charge is -2.01. The van der Waals surface area contributed by atoms with Crippen LogP contribution in [0.3, 0.4) is 0 Å². The van der Waals surface area contributed by atoms with Gasteiger partial charge in [-0.2, -0.15) is 0 Å². The molecule has 2 heterocycles. The summed E-state index contributed by atoms with van der Waals surface area (Å²) in [5, 5.41) is 12.6. The summed E-state index contributed by atoms with van der Waals surface area (Å²) in [7, 11) is -3.54. The van der Waals surface area contributed by atoms with Crippen molar-refractivity contribution in [1.29, 1.82) is 0 Å². The highest BCUT2D eigenvalue weighted by atomic mass is 32.2. The molecule has 0 unspecified atom stereocenters. The molecule has 0 aliphatic heterocycles. The number of nitrogens with one attached hydrogen (secondary N) is 2. The number of hydrogen-bond acceptors (Lipinski definition) is 7. The van der Waals surface area contributed by atoms with Gasteiger partial charge in [-0.05, 0) is 30.0 Å².